The topological polar surface area (TPSA) is 52.3 Å². The molecule has 1 unspecified atom stereocenters. The van der Waals surface area contributed by atoms with E-state index >= 15 is 0 Å². The van der Waals surface area contributed by atoms with E-state index in [4.69, 9.17) is 10.5 Å². The molecule has 0 amide bonds. The van der Waals surface area contributed by atoms with Gasteiger partial charge in [-0.15, -0.1) is 0 Å². The highest BCUT2D eigenvalue weighted by Gasteiger charge is 2.26. The van der Waals surface area contributed by atoms with Gasteiger partial charge >= 0.3 is 5.97 Å². The van der Waals surface area contributed by atoms with Crippen molar-refractivity contribution in [1.82, 2.24) is 0 Å². The minimum Gasteiger partial charge on any atom is -0.465 e. The van der Waals surface area contributed by atoms with Gasteiger partial charge < -0.3 is 10.5 Å². The lowest BCUT2D eigenvalue weighted by Crippen LogP contribution is -2.28. The minimum atomic E-state index is -0.338. The maximum Gasteiger partial charge on any atom is 0.338 e. The van der Waals surface area contributed by atoms with E-state index in [1.807, 2.05) is 39.0 Å². The van der Waals surface area contributed by atoms with E-state index in [0.29, 0.717) is 5.56 Å². The predicted molar refractivity (Wildman–Crippen MR) is 64.2 cm³/mol. The average molecular weight is 221 g/mol. The highest BCUT2D eigenvalue weighted by molar-refractivity contribution is 5.91. The number of ether oxygens (including phenoxy) is 1. The van der Waals surface area contributed by atoms with Gasteiger partial charge in [0, 0.05) is 6.04 Å². The van der Waals surface area contributed by atoms with Crippen LogP contribution in [0.2, 0.25) is 0 Å². The summed E-state index contributed by atoms with van der Waals surface area (Å²) >= 11 is 0. The number of benzene rings is 1. The number of carbonyl (C=O) groups excluding carboxylic acids is 1. The zero-order valence-electron chi connectivity index (χ0n) is 10.3. The Hall–Kier alpha value is -1.35. The normalized spacial score (nSPS) is 13.3. The van der Waals surface area contributed by atoms with Crippen LogP contribution < -0.4 is 5.73 Å². The van der Waals surface area contributed by atoms with Crippen LogP contribution in [-0.4, -0.2) is 13.1 Å². The first-order valence-corrected chi connectivity index (χ1v) is 5.30. The number of methoxy groups -OCH3 is 1. The molecule has 88 valence electrons. The lowest BCUT2D eigenvalue weighted by Gasteiger charge is -2.28. The van der Waals surface area contributed by atoms with Crippen molar-refractivity contribution in [2.45, 2.75) is 26.8 Å². The van der Waals surface area contributed by atoms with Gasteiger partial charge in [0.25, 0.3) is 0 Å². The summed E-state index contributed by atoms with van der Waals surface area (Å²) in [6.45, 7) is 6.14. The zero-order chi connectivity index (χ0) is 12.3. The van der Waals surface area contributed by atoms with Crippen molar-refractivity contribution in [3.05, 3.63) is 35.4 Å². The van der Waals surface area contributed by atoms with Crippen molar-refractivity contribution in [1.29, 1.82) is 0 Å². The smallest absolute Gasteiger partial charge is 0.338 e. The molecule has 1 aromatic rings. The number of esters is 1. The Kier molecular flexibility index (Phi) is 3.70. The van der Waals surface area contributed by atoms with Crippen LogP contribution in [0.3, 0.4) is 0 Å². The van der Waals surface area contributed by atoms with Crippen molar-refractivity contribution < 1.29 is 9.53 Å². The fourth-order valence-electron chi connectivity index (χ4n) is 1.53. The SMILES string of the molecule is COC(=O)c1ccccc1C(N)C(C)(C)C. The van der Waals surface area contributed by atoms with Gasteiger partial charge in [0.1, 0.15) is 0 Å². The molecule has 1 aromatic carbocycles. The van der Waals surface area contributed by atoms with E-state index in [2.05, 4.69) is 0 Å². The highest BCUT2D eigenvalue weighted by atomic mass is 16.5. The van der Waals surface area contributed by atoms with Crippen molar-refractivity contribution >= 4 is 5.97 Å². The van der Waals surface area contributed by atoms with E-state index in [1.54, 1.807) is 6.07 Å². The molecule has 0 aliphatic heterocycles. The molecule has 16 heavy (non-hydrogen) atoms. The quantitative estimate of drug-likeness (QED) is 0.781. The standard InChI is InChI=1S/C13H19NO2/c1-13(2,3)11(14)9-7-5-6-8-10(9)12(15)16-4/h5-8,11H,14H2,1-4H3. The number of rotatable bonds is 2. The van der Waals surface area contributed by atoms with E-state index in [-0.39, 0.29) is 17.4 Å². The molecule has 0 saturated carbocycles. The second-order valence-corrected chi connectivity index (χ2v) is 4.92. The Morgan fingerprint density at radius 1 is 1.31 bits per heavy atom. The number of hydrogen-bond donors (Lipinski definition) is 1. The second-order valence-electron chi connectivity index (χ2n) is 4.92. The van der Waals surface area contributed by atoms with Crippen LogP contribution in [0.1, 0.15) is 42.7 Å². The molecule has 3 nitrogen and oxygen atoms in total. The first kappa shape index (κ1) is 12.7. The van der Waals surface area contributed by atoms with Crippen molar-refractivity contribution in [2.75, 3.05) is 7.11 Å². The minimum absolute atomic E-state index is 0.0931. The van der Waals surface area contributed by atoms with Gasteiger partial charge in [0.15, 0.2) is 0 Å². The molecule has 0 fully saturated rings. The summed E-state index contributed by atoms with van der Waals surface area (Å²) in [5.74, 6) is -0.338. The molecule has 0 aliphatic carbocycles. The van der Waals surface area contributed by atoms with Gasteiger partial charge in [-0.2, -0.15) is 0 Å². The first-order valence-electron chi connectivity index (χ1n) is 5.30. The van der Waals surface area contributed by atoms with Crippen LogP contribution in [0, 0.1) is 5.41 Å². The molecule has 3 heteroatoms. The Labute approximate surface area is 96.6 Å². The van der Waals surface area contributed by atoms with E-state index in [0.717, 1.165) is 5.56 Å². The summed E-state index contributed by atoms with van der Waals surface area (Å²) in [7, 11) is 1.38. The van der Waals surface area contributed by atoms with Crippen LogP contribution >= 0.6 is 0 Å². The third kappa shape index (κ3) is 2.61. The van der Waals surface area contributed by atoms with E-state index in [9.17, 15) is 4.79 Å². The third-order valence-electron chi connectivity index (χ3n) is 2.63. The van der Waals surface area contributed by atoms with Crippen LogP contribution in [0.15, 0.2) is 24.3 Å². The Balaban J connectivity index is 3.18. The molecule has 0 radical (unpaired) electrons. The summed E-state index contributed by atoms with van der Waals surface area (Å²) in [5.41, 5.74) is 7.45. The van der Waals surface area contributed by atoms with Gasteiger partial charge in [0.05, 0.1) is 12.7 Å². The Morgan fingerprint density at radius 2 is 1.88 bits per heavy atom. The molecule has 0 heterocycles. The first-order chi connectivity index (χ1) is 7.38. The van der Waals surface area contributed by atoms with Crippen LogP contribution in [0.5, 0.6) is 0 Å². The van der Waals surface area contributed by atoms with E-state index in [1.165, 1.54) is 7.11 Å². The van der Waals surface area contributed by atoms with Crippen LogP contribution in [0.4, 0.5) is 0 Å². The molecular weight excluding hydrogens is 202 g/mol. The zero-order valence-corrected chi connectivity index (χ0v) is 10.3. The summed E-state index contributed by atoms with van der Waals surface area (Å²) in [6.07, 6.45) is 0. The summed E-state index contributed by atoms with van der Waals surface area (Å²) < 4.78 is 4.75. The van der Waals surface area contributed by atoms with Gasteiger partial charge in [-0.05, 0) is 17.0 Å². The molecular formula is C13H19NO2. The lowest BCUT2D eigenvalue weighted by molar-refractivity contribution is 0.0598. The lowest BCUT2D eigenvalue weighted by atomic mass is 9.81. The molecule has 0 aromatic heterocycles. The summed E-state index contributed by atoms with van der Waals surface area (Å²) in [5, 5.41) is 0. The highest BCUT2D eigenvalue weighted by Crippen LogP contribution is 2.32. The average Bonchev–Trinajstić information content (AvgIpc) is 2.25. The molecule has 2 N–H and O–H groups in total. The molecule has 0 aliphatic rings. The predicted octanol–water partition coefficient (Wildman–Crippen LogP) is 2.52. The van der Waals surface area contributed by atoms with Crippen molar-refractivity contribution in [2.24, 2.45) is 11.1 Å². The second kappa shape index (κ2) is 4.66. The number of carbonyl (C=O) groups is 1. The molecule has 1 rings (SSSR count). The van der Waals surface area contributed by atoms with Crippen molar-refractivity contribution in [3.63, 3.8) is 0 Å². The van der Waals surface area contributed by atoms with Gasteiger partial charge in [-0.3, -0.25) is 0 Å². The van der Waals surface area contributed by atoms with E-state index < -0.39 is 0 Å². The summed E-state index contributed by atoms with van der Waals surface area (Å²) in [4.78, 5) is 11.6. The Morgan fingerprint density at radius 3 is 2.38 bits per heavy atom. The maximum atomic E-state index is 11.6. The molecule has 0 spiro atoms. The van der Waals surface area contributed by atoms with Gasteiger partial charge in [-0.1, -0.05) is 39.0 Å². The van der Waals surface area contributed by atoms with Gasteiger partial charge in [-0.25, -0.2) is 4.79 Å². The summed E-state index contributed by atoms with van der Waals surface area (Å²) in [6, 6.07) is 7.12. The number of hydrogen-bond acceptors (Lipinski definition) is 3. The monoisotopic (exact) mass is 221 g/mol. The van der Waals surface area contributed by atoms with Gasteiger partial charge in [0.2, 0.25) is 0 Å². The fraction of sp³-hybridized carbons (Fsp3) is 0.462. The fourth-order valence-corrected chi connectivity index (χ4v) is 1.53. The van der Waals surface area contributed by atoms with Crippen molar-refractivity contribution in [3.8, 4) is 0 Å². The maximum absolute atomic E-state index is 11.6. The van der Waals surface area contributed by atoms with Crippen LogP contribution in [-0.2, 0) is 4.74 Å². The largest absolute Gasteiger partial charge is 0.465 e. The molecule has 0 saturated heterocycles. The third-order valence-corrected chi connectivity index (χ3v) is 2.63. The number of nitrogens with two attached hydrogens (primary N) is 1. The van der Waals surface area contributed by atoms with Crippen LogP contribution in [0.25, 0.3) is 0 Å². The molecule has 1 atom stereocenters. The molecule has 0 bridgehead atoms. The Bertz CT molecular complexity index is 380.